The molecule has 0 aliphatic heterocycles. The molecule has 4 nitrogen and oxygen atoms in total. The van der Waals surface area contributed by atoms with Crippen molar-refractivity contribution in [1.82, 2.24) is 20.4 Å². The SMILES string of the molecule is Cc1ncnnn1. The molecule has 0 amide bonds. The molecule has 0 fully saturated rings. The normalized spacial score (nSPS) is 8.71. The fraction of sp³-hybridized carbons (Fsp3) is 0.333. The van der Waals surface area contributed by atoms with Gasteiger partial charge in [-0.1, -0.05) is 0 Å². The summed E-state index contributed by atoms with van der Waals surface area (Å²) < 4.78 is 0. The monoisotopic (exact) mass is 96.0 g/mol. The van der Waals surface area contributed by atoms with Gasteiger partial charge in [0.2, 0.25) is 0 Å². The predicted octanol–water partition coefficient (Wildman–Crippen LogP) is -0.425. The second-order valence-electron chi connectivity index (χ2n) is 1.10. The molecule has 36 valence electrons. The van der Waals surface area contributed by atoms with Crippen molar-refractivity contribution in [3.8, 4) is 0 Å². The molecule has 1 aromatic heterocycles. The summed E-state index contributed by atoms with van der Waals surface area (Å²) in [4.78, 5) is 3.69. The van der Waals surface area contributed by atoms with Gasteiger partial charge in [0.05, 0.1) is 0 Å². The van der Waals surface area contributed by atoms with Crippen LogP contribution in [-0.4, -0.2) is 20.4 Å². The molecule has 1 aromatic rings. The van der Waals surface area contributed by atoms with Crippen LogP contribution in [-0.2, 0) is 0 Å². The lowest BCUT2D eigenvalue weighted by Gasteiger charge is -1.78. The lowest BCUT2D eigenvalue weighted by Crippen LogP contribution is -1.90. The fourth-order valence-electron chi connectivity index (χ4n) is 0.249. The van der Waals surface area contributed by atoms with Crippen LogP contribution in [0.3, 0.4) is 0 Å². The van der Waals surface area contributed by atoms with Gasteiger partial charge in [0.1, 0.15) is 6.33 Å². The molecule has 0 bridgehead atoms. The van der Waals surface area contributed by atoms with Crippen molar-refractivity contribution >= 4 is 0 Å². The quantitative estimate of drug-likeness (QED) is 0.440. The molecule has 7 heavy (non-hydrogen) atoms. The van der Waals surface area contributed by atoms with Gasteiger partial charge in [0.25, 0.3) is 0 Å². The molecule has 4 heteroatoms. The van der Waals surface area contributed by atoms with Gasteiger partial charge in [-0.15, -0.1) is 10.2 Å². The van der Waals surface area contributed by atoms with Crippen molar-refractivity contribution in [3.63, 3.8) is 0 Å². The Bertz CT molecular complexity index is 137. The molecule has 0 atom stereocenters. The molecule has 0 saturated heterocycles. The van der Waals surface area contributed by atoms with Crippen molar-refractivity contribution in [2.45, 2.75) is 6.92 Å². The van der Waals surface area contributed by atoms with E-state index in [0.29, 0.717) is 5.82 Å². The highest BCUT2D eigenvalue weighted by Gasteiger charge is 1.77. The lowest BCUT2D eigenvalue weighted by atomic mass is 10.7. The van der Waals surface area contributed by atoms with E-state index < -0.39 is 0 Å². The molecule has 0 aliphatic rings. The summed E-state index contributed by atoms with van der Waals surface area (Å²) in [7, 11) is 0. The maximum absolute atomic E-state index is 3.69. The molecule has 0 saturated carbocycles. The van der Waals surface area contributed by atoms with Gasteiger partial charge in [-0.25, -0.2) is 4.98 Å². The Balaban J connectivity index is 3.02. The Morgan fingerprint density at radius 2 is 2.43 bits per heavy atom. The van der Waals surface area contributed by atoms with Crippen LogP contribution < -0.4 is 0 Å². The Kier molecular flexibility index (Phi) is 0.934. The van der Waals surface area contributed by atoms with Crippen LogP contribution in [0.25, 0.3) is 0 Å². The van der Waals surface area contributed by atoms with Crippen molar-refractivity contribution in [2.75, 3.05) is 0 Å². The largest absolute Gasteiger partial charge is 0.218 e. The molecule has 0 aromatic carbocycles. The van der Waals surface area contributed by atoms with E-state index >= 15 is 0 Å². The standard InChI is InChI=1S/C3H4N4/c1-3-4-2-5-7-6-3/h2H,1H3. The maximum Gasteiger partial charge on any atom is 0.151 e. The Morgan fingerprint density at radius 1 is 1.57 bits per heavy atom. The molecule has 1 rings (SSSR count). The highest BCUT2D eigenvalue weighted by Crippen LogP contribution is 1.70. The lowest BCUT2D eigenvalue weighted by molar-refractivity contribution is 0.783. The number of nitrogens with zero attached hydrogens (tertiary/aromatic N) is 4. The van der Waals surface area contributed by atoms with Crippen LogP contribution in [0.5, 0.6) is 0 Å². The summed E-state index contributed by atoms with van der Waals surface area (Å²) in [5.74, 6) is 0.648. The highest BCUT2D eigenvalue weighted by atomic mass is 15.3. The minimum atomic E-state index is 0.648. The van der Waals surface area contributed by atoms with Gasteiger partial charge < -0.3 is 0 Å². The molecule has 0 unspecified atom stereocenters. The van der Waals surface area contributed by atoms with Crippen LogP contribution in [0.4, 0.5) is 0 Å². The Labute approximate surface area is 40.6 Å². The summed E-state index contributed by atoms with van der Waals surface area (Å²) in [5, 5.41) is 10.2. The third-order valence-corrected chi connectivity index (χ3v) is 0.537. The number of hydrogen-bond acceptors (Lipinski definition) is 4. The second-order valence-corrected chi connectivity index (χ2v) is 1.10. The van der Waals surface area contributed by atoms with E-state index in [1.54, 1.807) is 6.92 Å². The third-order valence-electron chi connectivity index (χ3n) is 0.537. The average Bonchev–Trinajstić information content (AvgIpc) is 1.69. The zero-order chi connectivity index (χ0) is 5.11. The van der Waals surface area contributed by atoms with E-state index in [-0.39, 0.29) is 0 Å². The van der Waals surface area contributed by atoms with Crippen molar-refractivity contribution in [1.29, 1.82) is 0 Å². The van der Waals surface area contributed by atoms with Crippen molar-refractivity contribution in [2.24, 2.45) is 0 Å². The number of rotatable bonds is 0. The zero-order valence-electron chi connectivity index (χ0n) is 3.87. The molecule has 0 radical (unpaired) electrons. The number of aromatic nitrogens is 4. The van der Waals surface area contributed by atoms with E-state index in [1.165, 1.54) is 6.33 Å². The van der Waals surface area contributed by atoms with E-state index in [9.17, 15) is 0 Å². The summed E-state index contributed by atoms with van der Waals surface area (Å²) in [5.41, 5.74) is 0. The first-order valence-corrected chi connectivity index (χ1v) is 1.86. The molecule has 0 spiro atoms. The maximum atomic E-state index is 3.69. The van der Waals surface area contributed by atoms with E-state index in [1.807, 2.05) is 0 Å². The van der Waals surface area contributed by atoms with E-state index in [0.717, 1.165) is 0 Å². The Morgan fingerprint density at radius 3 is 2.71 bits per heavy atom. The topological polar surface area (TPSA) is 51.6 Å². The highest BCUT2D eigenvalue weighted by molar-refractivity contribution is 4.67. The van der Waals surface area contributed by atoms with Crippen LogP contribution in [0.1, 0.15) is 5.82 Å². The predicted molar refractivity (Wildman–Crippen MR) is 22.4 cm³/mol. The summed E-state index contributed by atoms with van der Waals surface area (Å²) in [6.45, 7) is 1.76. The molecule has 0 aliphatic carbocycles. The fourth-order valence-corrected chi connectivity index (χ4v) is 0.249. The van der Waals surface area contributed by atoms with Gasteiger partial charge in [-0.2, -0.15) is 0 Å². The smallest absolute Gasteiger partial charge is 0.151 e. The third kappa shape index (κ3) is 0.887. The van der Waals surface area contributed by atoms with Gasteiger partial charge in [-0.3, -0.25) is 0 Å². The summed E-state index contributed by atoms with van der Waals surface area (Å²) >= 11 is 0. The summed E-state index contributed by atoms with van der Waals surface area (Å²) in [6.07, 6.45) is 1.36. The average molecular weight is 96.1 g/mol. The van der Waals surface area contributed by atoms with Gasteiger partial charge >= 0.3 is 0 Å². The number of hydrogen-bond donors (Lipinski definition) is 0. The minimum absolute atomic E-state index is 0.648. The van der Waals surface area contributed by atoms with Crippen LogP contribution >= 0.6 is 0 Å². The Hall–Kier alpha value is -1.06. The molecule has 0 N–H and O–H groups in total. The zero-order valence-corrected chi connectivity index (χ0v) is 3.87. The first-order valence-electron chi connectivity index (χ1n) is 1.86. The van der Waals surface area contributed by atoms with E-state index in [2.05, 4.69) is 20.4 Å². The van der Waals surface area contributed by atoms with Crippen LogP contribution in [0, 0.1) is 6.92 Å². The van der Waals surface area contributed by atoms with Crippen molar-refractivity contribution < 1.29 is 0 Å². The molecule has 1 heterocycles. The first kappa shape index (κ1) is 4.11. The molecular formula is C3H4N4. The van der Waals surface area contributed by atoms with Crippen LogP contribution in [0.15, 0.2) is 6.33 Å². The van der Waals surface area contributed by atoms with E-state index in [4.69, 9.17) is 0 Å². The summed E-state index contributed by atoms with van der Waals surface area (Å²) in [6, 6.07) is 0. The van der Waals surface area contributed by atoms with Crippen LogP contribution in [0.2, 0.25) is 0 Å². The van der Waals surface area contributed by atoms with Gasteiger partial charge in [0, 0.05) is 0 Å². The van der Waals surface area contributed by atoms with Gasteiger partial charge in [-0.05, 0) is 12.1 Å². The number of aryl methyl sites for hydroxylation is 1. The first-order chi connectivity index (χ1) is 3.39. The molecular weight excluding hydrogens is 92.1 g/mol. The van der Waals surface area contributed by atoms with Crippen molar-refractivity contribution in [3.05, 3.63) is 12.2 Å². The van der Waals surface area contributed by atoms with Gasteiger partial charge in [0.15, 0.2) is 5.82 Å². The second kappa shape index (κ2) is 1.59. The minimum Gasteiger partial charge on any atom is -0.218 e.